The Hall–Kier alpha value is -0.580. The second-order valence-corrected chi connectivity index (χ2v) is 4.84. The van der Waals surface area contributed by atoms with Crippen molar-refractivity contribution in [3.8, 4) is 5.69 Å². The summed E-state index contributed by atoms with van der Waals surface area (Å²) in [6, 6.07) is 5.63. The molecular weight excluding hydrogens is 296 g/mol. The van der Waals surface area contributed by atoms with E-state index in [-0.39, 0.29) is 0 Å². The summed E-state index contributed by atoms with van der Waals surface area (Å²) in [5, 5.41) is 0.699. The van der Waals surface area contributed by atoms with Gasteiger partial charge in [0.1, 0.15) is 0 Å². The molecular formula is C10H8BrClN2S. The highest BCUT2D eigenvalue weighted by molar-refractivity contribution is 9.10. The van der Waals surface area contributed by atoms with Gasteiger partial charge >= 0.3 is 0 Å². The minimum atomic E-state index is 0.676. The van der Waals surface area contributed by atoms with Gasteiger partial charge in [-0.2, -0.15) is 0 Å². The van der Waals surface area contributed by atoms with Crippen LogP contribution in [0.4, 0.5) is 0 Å². The number of nitrogens with one attached hydrogen (secondary N) is 1. The molecule has 2 nitrogen and oxygen atoms in total. The third kappa shape index (κ3) is 2.02. The summed E-state index contributed by atoms with van der Waals surface area (Å²) < 4.78 is 3.56. The summed E-state index contributed by atoms with van der Waals surface area (Å²) in [6.45, 7) is 1.99. The highest BCUT2D eigenvalue weighted by atomic mass is 79.9. The quantitative estimate of drug-likeness (QED) is 0.781. The number of aryl methyl sites for hydroxylation is 1. The Morgan fingerprint density at radius 1 is 1.47 bits per heavy atom. The van der Waals surface area contributed by atoms with Crippen LogP contribution in [0.5, 0.6) is 0 Å². The molecule has 1 aromatic heterocycles. The monoisotopic (exact) mass is 302 g/mol. The van der Waals surface area contributed by atoms with Gasteiger partial charge < -0.3 is 4.98 Å². The van der Waals surface area contributed by atoms with E-state index in [0.717, 1.165) is 15.9 Å². The molecule has 0 aliphatic heterocycles. The Morgan fingerprint density at radius 3 is 2.73 bits per heavy atom. The van der Waals surface area contributed by atoms with Crippen LogP contribution in [0.15, 0.2) is 28.9 Å². The highest BCUT2D eigenvalue weighted by Crippen LogP contribution is 2.25. The number of hydrogen-bond donors (Lipinski definition) is 1. The van der Waals surface area contributed by atoms with Crippen LogP contribution in [0.2, 0.25) is 5.02 Å². The fraction of sp³-hybridized carbons (Fsp3) is 0.100. The van der Waals surface area contributed by atoms with Gasteiger partial charge in [0.05, 0.1) is 5.69 Å². The van der Waals surface area contributed by atoms with Gasteiger partial charge in [-0.15, -0.1) is 0 Å². The van der Waals surface area contributed by atoms with E-state index in [1.807, 2.05) is 35.9 Å². The normalized spacial score (nSPS) is 10.6. The van der Waals surface area contributed by atoms with Crippen molar-refractivity contribution in [1.82, 2.24) is 9.55 Å². The number of H-pyrrole nitrogens is 1. The molecule has 0 fully saturated rings. The second-order valence-electron chi connectivity index (χ2n) is 3.17. The van der Waals surface area contributed by atoms with Gasteiger partial charge in [0.2, 0.25) is 0 Å². The zero-order valence-electron chi connectivity index (χ0n) is 7.92. The molecule has 1 aromatic carbocycles. The van der Waals surface area contributed by atoms with Crippen LogP contribution in [0, 0.1) is 11.7 Å². The largest absolute Gasteiger partial charge is 0.337 e. The number of hydrogen-bond acceptors (Lipinski definition) is 1. The van der Waals surface area contributed by atoms with Crippen molar-refractivity contribution in [2.75, 3.05) is 0 Å². The second kappa shape index (κ2) is 4.12. The topological polar surface area (TPSA) is 20.7 Å². The molecule has 1 heterocycles. The molecule has 0 amide bonds. The molecule has 0 unspecified atom stereocenters. The predicted molar refractivity (Wildman–Crippen MR) is 68.4 cm³/mol. The molecule has 0 saturated heterocycles. The van der Waals surface area contributed by atoms with Crippen LogP contribution in [0.25, 0.3) is 5.69 Å². The van der Waals surface area contributed by atoms with Gasteiger partial charge in [-0.25, -0.2) is 0 Å². The lowest BCUT2D eigenvalue weighted by Crippen LogP contribution is -1.97. The van der Waals surface area contributed by atoms with Gasteiger partial charge in [0.15, 0.2) is 4.77 Å². The number of nitrogens with zero attached hydrogens (tertiary/aromatic N) is 1. The molecule has 1 N–H and O–H groups in total. The van der Waals surface area contributed by atoms with Crippen molar-refractivity contribution < 1.29 is 0 Å². The molecule has 2 aromatic rings. The third-order valence-electron chi connectivity index (χ3n) is 2.11. The average molecular weight is 304 g/mol. The van der Waals surface area contributed by atoms with E-state index in [1.54, 1.807) is 0 Å². The van der Waals surface area contributed by atoms with Crippen molar-refractivity contribution in [1.29, 1.82) is 0 Å². The molecule has 2 rings (SSSR count). The minimum Gasteiger partial charge on any atom is -0.337 e. The van der Waals surface area contributed by atoms with Crippen LogP contribution < -0.4 is 0 Å². The van der Waals surface area contributed by atoms with Crippen molar-refractivity contribution in [3.63, 3.8) is 0 Å². The maximum Gasteiger partial charge on any atom is 0.182 e. The fourth-order valence-corrected chi connectivity index (χ4v) is 2.58. The van der Waals surface area contributed by atoms with E-state index in [0.29, 0.717) is 9.79 Å². The Balaban J connectivity index is 2.69. The third-order valence-corrected chi connectivity index (χ3v) is 3.28. The fourth-order valence-electron chi connectivity index (χ4n) is 1.42. The minimum absolute atomic E-state index is 0.676. The van der Waals surface area contributed by atoms with E-state index < -0.39 is 0 Å². The number of benzene rings is 1. The first kappa shape index (κ1) is 10.9. The standard InChI is InChI=1S/C10H8BrClN2S/c1-6-5-13-10(15)14(6)9-3-2-7(12)4-8(9)11/h2-5H,1H3,(H,13,15). The van der Waals surface area contributed by atoms with Crippen LogP contribution in [-0.2, 0) is 0 Å². The lowest BCUT2D eigenvalue weighted by Gasteiger charge is -2.07. The van der Waals surface area contributed by atoms with Gasteiger partial charge in [-0.05, 0) is 53.3 Å². The smallest absolute Gasteiger partial charge is 0.182 e. The molecule has 0 spiro atoms. The predicted octanol–water partition coefficient (Wildman–Crippen LogP) is 4.26. The van der Waals surface area contributed by atoms with Gasteiger partial charge in [0.25, 0.3) is 0 Å². The van der Waals surface area contributed by atoms with E-state index in [2.05, 4.69) is 20.9 Å². The lowest BCUT2D eigenvalue weighted by atomic mass is 10.3. The van der Waals surface area contributed by atoms with Crippen LogP contribution >= 0.6 is 39.7 Å². The lowest BCUT2D eigenvalue weighted by molar-refractivity contribution is 0.979. The van der Waals surface area contributed by atoms with E-state index in [1.165, 1.54) is 0 Å². The molecule has 5 heteroatoms. The van der Waals surface area contributed by atoms with E-state index >= 15 is 0 Å². The molecule has 0 radical (unpaired) electrons. The van der Waals surface area contributed by atoms with Gasteiger partial charge in [-0.3, -0.25) is 4.57 Å². The van der Waals surface area contributed by atoms with Crippen molar-refractivity contribution in [3.05, 3.63) is 44.4 Å². The Morgan fingerprint density at radius 2 is 2.20 bits per heavy atom. The Bertz CT molecular complexity index is 559. The zero-order valence-corrected chi connectivity index (χ0v) is 11.1. The summed E-state index contributed by atoms with van der Waals surface area (Å²) in [5.74, 6) is 0. The van der Waals surface area contributed by atoms with Gasteiger partial charge in [-0.1, -0.05) is 11.6 Å². The number of imidazole rings is 1. The molecule has 15 heavy (non-hydrogen) atoms. The first-order chi connectivity index (χ1) is 7.09. The summed E-state index contributed by atoms with van der Waals surface area (Å²) in [5.41, 5.74) is 2.05. The summed E-state index contributed by atoms with van der Waals surface area (Å²) in [6.07, 6.45) is 1.88. The Labute approximate surface area is 106 Å². The van der Waals surface area contributed by atoms with E-state index in [4.69, 9.17) is 23.8 Å². The first-order valence-electron chi connectivity index (χ1n) is 4.32. The summed E-state index contributed by atoms with van der Waals surface area (Å²) >= 11 is 14.6. The summed E-state index contributed by atoms with van der Waals surface area (Å²) in [7, 11) is 0. The Kier molecular flexibility index (Phi) is 3.00. The zero-order chi connectivity index (χ0) is 11.0. The maximum absolute atomic E-state index is 5.88. The molecule has 0 aliphatic carbocycles. The number of halogens is 2. The molecule has 0 bridgehead atoms. The van der Waals surface area contributed by atoms with Crippen LogP contribution in [0.1, 0.15) is 5.69 Å². The molecule has 0 saturated carbocycles. The van der Waals surface area contributed by atoms with E-state index in [9.17, 15) is 0 Å². The van der Waals surface area contributed by atoms with Crippen molar-refractivity contribution >= 4 is 39.7 Å². The highest BCUT2D eigenvalue weighted by Gasteiger charge is 2.06. The maximum atomic E-state index is 5.88. The number of aromatic nitrogens is 2. The van der Waals surface area contributed by atoms with Crippen LogP contribution in [-0.4, -0.2) is 9.55 Å². The molecule has 0 atom stereocenters. The number of rotatable bonds is 1. The SMILES string of the molecule is Cc1c[nH]c(=S)n1-c1ccc(Cl)cc1Br. The van der Waals surface area contributed by atoms with Crippen molar-refractivity contribution in [2.45, 2.75) is 6.92 Å². The number of aromatic amines is 1. The summed E-state index contributed by atoms with van der Waals surface area (Å²) in [4.78, 5) is 3.00. The van der Waals surface area contributed by atoms with Gasteiger partial charge in [0, 0.05) is 21.4 Å². The van der Waals surface area contributed by atoms with Crippen molar-refractivity contribution in [2.24, 2.45) is 0 Å². The first-order valence-corrected chi connectivity index (χ1v) is 5.90. The van der Waals surface area contributed by atoms with Crippen LogP contribution in [0.3, 0.4) is 0 Å². The molecule has 0 aliphatic rings. The molecule has 78 valence electrons. The average Bonchev–Trinajstić information content (AvgIpc) is 2.48.